The lowest BCUT2D eigenvalue weighted by Gasteiger charge is -2.37. The molecule has 2 rings (SSSR count). The Morgan fingerprint density at radius 2 is 1.86 bits per heavy atom. The summed E-state index contributed by atoms with van der Waals surface area (Å²) >= 11 is 0. The molecule has 8 heteroatoms. The molecule has 0 saturated carbocycles. The number of aryl methyl sites for hydroxylation is 1. The number of nitriles is 1. The van der Waals surface area contributed by atoms with Gasteiger partial charge in [0.15, 0.2) is 0 Å². The first-order valence-corrected chi connectivity index (χ1v) is 9.71. The number of piperazine rings is 1. The highest BCUT2D eigenvalue weighted by Crippen LogP contribution is 2.23. The standard InChI is InChI=1S/C21H30N4O4/c1-21(2,3)29-20(27)25-12-10-24(11-13-25)18-8-6-17(15-22)16(14-18)7-9-19(26)23(4)28-5/h6,8,14H,7,9-13H2,1-5H3. The first kappa shape index (κ1) is 22.5. The van der Waals surface area contributed by atoms with Crippen LogP contribution in [-0.4, -0.2) is 67.9 Å². The summed E-state index contributed by atoms with van der Waals surface area (Å²) in [5, 5.41) is 10.6. The van der Waals surface area contributed by atoms with Crippen LogP contribution in [-0.2, 0) is 20.8 Å². The van der Waals surface area contributed by atoms with E-state index in [1.54, 1.807) is 18.0 Å². The third-order valence-electron chi connectivity index (χ3n) is 4.74. The van der Waals surface area contributed by atoms with Gasteiger partial charge in [0.05, 0.1) is 18.7 Å². The molecule has 1 aliphatic heterocycles. The molecule has 1 aromatic rings. The molecule has 1 aromatic carbocycles. The van der Waals surface area contributed by atoms with E-state index in [9.17, 15) is 14.9 Å². The SMILES string of the molecule is CON(C)C(=O)CCc1cc(N2CCN(C(=O)OC(C)(C)C)CC2)ccc1C#N. The summed E-state index contributed by atoms with van der Waals surface area (Å²) in [5.74, 6) is -0.146. The van der Waals surface area contributed by atoms with Gasteiger partial charge in [-0.2, -0.15) is 5.26 Å². The lowest BCUT2D eigenvalue weighted by atomic mass is 10.0. The van der Waals surface area contributed by atoms with Gasteiger partial charge in [0.1, 0.15) is 5.60 Å². The number of hydroxylamine groups is 2. The summed E-state index contributed by atoms with van der Waals surface area (Å²) in [6.45, 7) is 8.06. The second-order valence-electron chi connectivity index (χ2n) is 7.98. The third kappa shape index (κ3) is 6.36. The second kappa shape index (κ2) is 9.61. The summed E-state index contributed by atoms with van der Waals surface area (Å²) in [6.07, 6.45) is 0.425. The van der Waals surface area contributed by atoms with E-state index in [1.165, 1.54) is 12.2 Å². The van der Waals surface area contributed by atoms with Gasteiger partial charge in [-0.15, -0.1) is 0 Å². The van der Waals surface area contributed by atoms with Crippen molar-refractivity contribution in [2.75, 3.05) is 45.2 Å². The maximum absolute atomic E-state index is 12.2. The van der Waals surface area contributed by atoms with E-state index in [-0.39, 0.29) is 18.4 Å². The van der Waals surface area contributed by atoms with E-state index in [4.69, 9.17) is 9.57 Å². The fourth-order valence-corrected chi connectivity index (χ4v) is 3.07. The van der Waals surface area contributed by atoms with Gasteiger partial charge < -0.3 is 14.5 Å². The van der Waals surface area contributed by atoms with Gasteiger partial charge in [-0.25, -0.2) is 9.86 Å². The number of amides is 2. The van der Waals surface area contributed by atoms with Crippen LogP contribution in [0.3, 0.4) is 0 Å². The number of ether oxygens (including phenoxy) is 1. The molecular formula is C21H30N4O4. The molecule has 0 unspecified atom stereocenters. The number of hydrogen-bond acceptors (Lipinski definition) is 6. The van der Waals surface area contributed by atoms with Crippen molar-refractivity contribution in [3.63, 3.8) is 0 Å². The molecule has 1 heterocycles. The smallest absolute Gasteiger partial charge is 0.410 e. The minimum atomic E-state index is -0.509. The highest BCUT2D eigenvalue weighted by atomic mass is 16.7. The molecule has 1 saturated heterocycles. The normalized spacial score (nSPS) is 14.3. The van der Waals surface area contributed by atoms with Gasteiger partial charge >= 0.3 is 6.09 Å². The van der Waals surface area contributed by atoms with E-state index in [0.29, 0.717) is 38.2 Å². The maximum atomic E-state index is 12.2. The second-order valence-corrected chi connectivity index (χ2v) is 7.98. The maximum Gasteiger partial charge on any atom is 0.410 e. The zero-order chi connectivity index (χ0) is 21.6. The first-order valence-electron chi connectivity index (χ1n) is 9.71. The molecule has 0 bridgehead atoms. The topological polar surface area (TPSA) is 86.1 Å². The molecule has 29 heavy (non-hydrogen) atoms. The van der Waals surface area contributed by atoms with Crippen LogP contribution >= 0.6 is 0 Å². The number of nitrogens with zero attached hydrogens (tertiary/aromatic N) is 4. The Labute approximate surface area is 172 Å². The Morgan fingerprint density at radius 3 is 2.41 bits per heavy atom. The third-order valence-corrected chi connectivity index (χ3v) is 4.74. The Bertz CT molecular complexity index is 774. The van der Waals surface area contributed by atoms with Gasteiger partial charge in [0, 0.05) is 45.3 Å². The number of benzene rings is 1. The predicted molar refractivity (Wildman–Crippen MR) is 109 cm³/mol. The van der Waals surface area contributed by atoms with Crippen molar-refractivity contribution in [2.24, 2.45) is 0 Å². The number of carbonyl (C=O) groups excluding carboxylic acids is 2. The molecule has 0 N–H and O–H groups in total. The molecule has 0 atom stereocenters. The number of hydrogen-bond donors (Lipinski definition) is 0. The Balaban J connectivity index is 2.02. The highest BCUT2D eigenvalue weighted by molar-refractivity contribution is 5.75. The number of carbonyl (C=O) groups is 2. The van der Waals surface area contributed by atoms with Gasteiger partial charge in [-0.1, -0.05) is 0 Å². The van der Waals surface area contributed by atoms with Crippen molar-refractivity contribution in [2.45, 2.75) is 39.2 Å². The quantitative estimate of drug-likeness (QED) is 0.704. The predicted octanol–water partition coefficient (Wildman–Crippen LogP) is 2.57. The van der Waals surface area contributed by atoms with Crippen LogP contribution in [0.15, 0.2) is 18.2 Å². The van der Waals surface area contributed by atoms with Crippen molar-refractivity contribution in [1.82, 2.24) is 9.96 Å². The van der Waals surface area contributed by atoms with E-state index >= 15 is 0 Å². The van der Waals surface area contributed by atoms with Crippen molar-refractivity contribution in [3.05, 3.63) is 29.3 Å². The van der Waals surface area contributed by atoms with E-state index < -0.39 is 5.60 Å². The Kier molecular flexibility index (Phi) is 7.46. The van der Waals surface area contributed by atoms with Crippen molar-refractivity contribution in [3.8, 4) is 6.07 Å². The van der Waals surface area contributed by atoms with Crippen molar-refractivity contribution < 1.29 is 19.2 Å². The van der Waals surface area contributed by atoms with E-state index in [1.807, 2.05) is 32.9 Å². The number of anilines is 1. The van der Waals surface area contributed by atoms with Crippen LogP contribution in [0.25, 0.3) is 0 Å². The van der Waals surface area contributed by atoms with Gasteiger partial charge in [0.25, 0.3) is 0 Å². The average Bonchev–Trinajstić information content (AvgIpc) is 2.69. The molecule has 1 fully saturated rings. The molecule has 0 spiro atoms. The summed E-state index contributed by atoms with van der Waals surface area (Å²) in [7, 11) is 3.00. The average molecular weight is 402 g/mol. The highest BCUT2D eigenvalue weighted by Gasteiger charge is 2.26. The first-order chi connectivity index (χ1) is 13.6. The van der Waals surface area contributed by atoms with E-state index in [0.717, 1.165) is 11.3 Å². The van der Waals surface area contributed by atoms with Crippen molar-refractivity contribution in [1.29, 1.82) is 5.26 Å². The molecular weight excluding hydrogens is 372 g/mol. The zero-order valence-corrected chi connectivity index (χ0v) is 17.9. The summed E-state index contributed by atoms with van der Waals surface area (Å²) in [5.41, 5.74) is 1.87. The zero-order valence-electron chi connectivity index (χ0n) is 17.9. The fraction of sp³-hybridized carbons (Fsp3) is 0.571. The Morgan fingerprint density at radius 1 is 1.21 bits per heavy atom. The van der Waals surface area contributed by atoms with Crippen molar-refractivity contribution >= 4 is 17.7 Å². The molecule has 158 valence electrons. The van der Waals surface area contributed by atoms with Crippen LogP contribution in [0.2, 0.25) is 0 Å². The fourth-order valence-electron chi connectivity index (χ4n) is 3.07. The number of rotatable bonds is 5. The van der Waals surface area contributed by atoms with Crippen LogP contribution in [0.4, 0.5) is 10.5 Å². The summed E-state index contributed by atoms with van der Waals surface area (Å²) < 4.78 is 5.44. The van der Waals surface area contributed by atoms with Gasteiger partial charge in [-0.05, 0) is 51.0 Å². The molecule has 0 radical (unpaired) electrons. The summed E-state index contributed by atoms with van der Waals surface area (Å²) in [4.78, 5) is 33.0. The minimum absolute atomic E-state index is 0.146. The molecule has 2 amide bonds. The van der Waals surface area contributed by atoms with Crippen LogP contribution < -0.4 is 4.90 Å². The molecule has 8 nitrogen and oxygen atoms in total. The van der Waals surface area contributed by atoms with E-state index in [2.05, 4.69) is 11.0 Å². The lowest BCUT2D eigenvalue weighted by molar-refractivity contribution is -0.168. The minimum Gasteiger partial charge on any atom is -0.444 e. The summed E-state index contributed by atoms with van der Waals surface area (Å²) in [6, 6.07) is 7.85. The molecule has 1 aliphatic rings. The molecule has 0 aromatic heterocycles. The van der Waals surface area contributed by atoms with Gasteiger partial charge in [0.2, 0.25) is 5.91 Å². The van der Waals surface area contributed by atoms with Crippen LogP contribution in [0.1, 0.15) is 38.3 Å². The molecule has 0 aliphatic carbocycles. The lowest BCUT2D eigenvalue weighted by Crippen LogP contribution is -2.50. The Hall–Kier alpha value is -2.79. The monoisotopic (exact) mass is 402 g/mol. The van der Waals surface area contributed by atoms with Gasteiger partial charge in [-0.3, -0.25) is 9.63 Å². The van der Waals surface area contributed by atoms with Crippen LogP contribution in [0.5, 0.6) is 0 Å². The largest absolute Gasteiger partial charge is 0.444 e. The van der Waals surface area contributed by atoms with Crippen LogP contribution in [0, 0.1) is 11.3 Å².